The molecular formula is C21H25FN5O7PS. The molecule has 0 saturated carbocycles. The molecule has 1 aromatic heterocycles. The standard InChI is InChI=1S/C18H17FN4O2S.C3H8NO5P/c1-4-5-22-13-7-12(11(19)6-14(13)25-9-16(22)24)20-17-23-10-18(2,3)8-15(23)21-26-17;5-3(6)1-4-2-10(7,8)9/h1,6-7H,5,8-10H2,2-3H3;4H,1-2H2,(H,5,6)(H2,7,8,9). The zero-order valence-electron chi connectivity index (χ0n) is 19.5. The van der Waals surface area contributed by atoms with Crippen LogP contribution < -0.4 is 19.8 Å². The van der Waals surface area contributed by atoms with Gasteiger partial charge in [-0.15, -0.1) is 6.42 Å². The van der Waals surface area contributed by atoms with Gasteiger partial charge in [0.2, 0.25) is 4.80 Å². The Hall–Kier alpha value is -3.08. The molecule has 36 heavy (non-hydrogen) atoms. The summed E-state index contributed by atoms with van der Waals surface area (Å²) < 4.78 is 36.4. The molecule has 0 saturated heterocycles. The first-order valence-electron chi connectivity index (χ1n) is 10.6. The van der Waals surface area contributed by atoms with Gasteiger partial charge in [0.15, 0.2) is 12.4 Å². The van der Waals surface area contributed by atoms with Gasteiger partial charge < -0.3 is 24.2 Å². The molecular weight excluding hydrogens is 516 g/mol. The molecule has 2 aliphatic rings. The number of benzene rings is 1. The highest BCUT2D eigenvalue weighted by molar-refractivity contribution is 7.51. The number of carboxylic acids is 1. The highest BCUT2D eigenvalue weighted by Crippen LogP contribution is 2.37. The summed E-state index contributed by atoms with van der Waals surface area (Å²) in [6, 6.07) is 2.76. The van der Waals surface area contributed by atoms with E-state index in [9.17, 15) is 18.5 Å². The van der Waals surface area contributed by atoms with Crippen LogP contribution in [0, 0.1) is 23.6 Å². The summed E-state index contributed by atoms with van der Waals surface area (Å²) in [6.45, 7) is 4.61. The number of ether oxygens (including phenoxy) is 1. The van der Waals surface area contributed by atoms with Gasteiger partial charge in [-0.05, 0) is 11.5 Å². The van der Waals surface area contributed by atoms with Crippen molar-refractivity contribution in [2.75, 3.05) is 30.9 Å². The molecule has 0 unspecified atom stereocenters. The second-order valence-electron chi connectivity index (χ2n) is 8.81. The maximum Gasteiger partial charge on any atom is 0.339 e. The first kappa shape index (κ1) is 27.5. The molecule has 12 nitrogen and oxygen atoms in total. The summed E-state index contributed by atoms with van der Waals surface area (Å²) in [7, 11) is -4.10. The Kier molecular flexibility index (Phi) is 8.33. The fourth-order valence-electron chi connectivity index (χ4n) is 3.55. The van der Waals surface area contributed by atoms with Gasteiger partial charge in [0.1, 0.15) is 17.3 Å². The van der Waals surface area contributed by atoms with Crippen LogP contribution in [0.4, 0.5) is 15.8 Å². The van der Waals surface area contributed by atoms with Gasteiger partial charge >= 0.3 is 13.6 Å². The Labute approximate surface area is 209 Å². The van der Waals surface area contributed by atoms with E-state index in [4.69, 9.17) is 26.1 Å². The number of nitrogens with zero attached hydrogens (tertiary/aromatic N) is 4. The van der Waals surface area contributed by atoms with E-state index in [-0.39, 0.29) is 30.2 Å². The van der Waals surface area contributed by atoms with Crippen molar-refractivity contribution < 1.29 is 38.2 Å². The summed E-state index contributed by atoms with van der Waals surface area (Å²) >= 11 is 1.24. The van der Waals surface area contributed by atoms with Crippen molar-refractivity contribution in [1.82, 2.24) is 14.3 Å². The first-order valence-corrected chi connectivity index (χ1v) is 13.1. The Morgan fingerprint density at radius 3 is 2.81 bits per heavy atom. The lowest BCUT2D eigenvalue weighted by Gasteiger charge is -2.28. The van der Waals surface area contributed by atoms with Crippen molar-refractivity contribution >= 4 is 42.4 Å². The molecule has 1 aromatic carbocycles. The maximum atomic E-state index is 14.5. The molecule has 2 aliphatic heterocycles. The summed E-state index contributed by atoms with van der Waals surface area (Å²) in [5, 5.41) is 10.1. The van der Waals surface area contributed by atoms with Gasteiger partial charge in [-0.3, -0.25) is 24.4 Å². The molecule has 0 bridgehead atoms. The predicted molar refractivity (Wildman–Crippen MR) is 128 cm³/mol. The lowest BCUT2D eigenvalue weighted by atomic mass is 9.92. The molecule has 2 aromatic rings. The summed E-state index contributed by atoms with van der Waals surface area (Å²) in [5.74, 6) is 1.78. The molecule has 0 fully saturated rings. The summed E-state index contributed by atoms with van der Waals surface area (Å²) in [4.78, 5) is 44.7. The number of aromatic nitrogens is 2. The molecule has 3 heterocycles. The van der Waals surface area contributed by atoms with Crippen molar-refractivity contribution in [2.24, 2.45) is 10.4 Å². The fraction of sp³-hybridized carbons (Fsp3) is 0.429. The highest BCUT2D eigenvalue weighted by Gasteiger charge is 2.31. The minimum Gasteiger partial charge on any atom is -0.481 e. The van der Waals surface area contributed by atoms with Crippen LogP contribution in [-0.2, 0) is 27.1 Å². The smallest absolute Gasteiger partial charge is 0.339 e. The molecule has 194 valence electrons. The Morgan fingerprint density at radius 1 is 1.44 bits per heavy atom. The van der Waals surface area contributed by atoms with E-state index >= 15 is 0 Å². The van der Waals surface area contributed by atoms with Gasteiger partial charge in [0, 0.05) is 30.6 Å². The normalized spacial score (nSPS) is 16.4. The van der Waals surface area contributed by atoms with Crippen molar-refractivity contribution in [3.63, 3.8) is 0 Å². The third-order valence-electron chi connectivity index (χ3n) is 5.03. The van der Waals surface area contributed by atoms with Gasteiger partial charge in [-0.25, -0.2) is 9.38 Å². The van der Waals surface area contributed by atoms with Crippen molar-refractivity contribution in [3.05, 3.63) is 28.6 Å². The van der Waals surface area contributed by atoms with E-state index in [0.29, 0.717) is 16.2 Å². The number of aliphatic carboxylic acids is 1. The SMILES string of the molecule is C#CCN1C(=O)COc2cc(F)c(N=c3snc4n3CC(C)(C)C4)cc21.O=C(O)CNCP(=O)(O)O. The minimum absolute atomic E-state index is 0.0964. The molecule has 1 amide bonds. The lowest BCUT2D eigenvalue weighted by molar-refractivity contribution is -0.135. The number of amides is 1. The monoisotopic (exact) mass is 541 g/mol. The summed E-state index contributed by atoms with van der Waals surface area (Å²) in [5.41, 5.74) is 0.678. The summed E-state index contributed by atoms with van der Waals surface area (Å²) in [6.07, 6.45) is 5.62. The quantitative estimate of drug-likeness (QED) is 0.309. The minimum atomic E-state index is -4.10. The van der Waals surface area contributed by atoms with E-state index in [0.717, 1.165) is 18.8 Å². The number of hydrogen-bond acceptors (Lipinski definition) is 8. The third kappa shape index (κ3) is 6.99. The predicted octanol–water partition coefficient (Wildman–Crippen LogP) is 1.05. The number of terminal acetylenes is 1. The maximum absolute atomic E-state index is 14.5. The third-order valence-corrected chi connectivity index (χ3v) is 6.44. The Morgan fingerprint density at radius 2 is 2.17 bits per heavy atom. The van der Waals surface area contributed by atoms with Crippen molar-refractivity contribution in [2.45, 2.75) is 26.8 Å². The number of carbonyl (C=O) groups excluding carboxylic acids is 1. The van der Waals surface area contributed by atoms with Crippen LogP contribution >= 0.6 is 19.1 Å². The van der Waals surface area contributed by atoms with Gasteiger partial charge in [-0.2, -0.15) is 4.37 Å². The van der Waals surface area contributed by atoms with E-state index < -0.39 is 32.2 Å². The van der Waals surface area contributed by atoms with Crippen LogP contribution in [0.1, 0.15) is 19.7 Å². The van der Waals surface area contributed by atoms with Crippen LogP contribution in [0.5, 0.6) is 5.75 Å². The number of fused-ring (bicyclic) bond motifs is 2. The zero-order chi connectivity index (χ0) is 26.7. The topological polar surface area (TPSA) is 167 Å². The van der Waals surface area contributed by atoms with Crippen molar-refractivity contribution in [3.8, 4) is 18.1 Å². The van der Waals surface area contributed by atoms with Crippen LogP contribution in [0.2, 0.25) is 0 Å². The van der Waals surface area contributed by atoms with Gasteiger partial charge in [0.25, 0.3) is 5.91 Å². The van der Waals surface area contributed by atoms with Crippen LogP contribution in [0.15, 0.2) is 17.1 Å². The number of hydrogen-bond donors (Lipinski definition) is 4. The molecule has 0 radical (unpaired) electrons. The average molecular weight is 541 g/mol. The number of nitrogens with one attached hydrogen (secondary N) is 1. The van der Waals surface area contributed by atoms with E-state index in [1.807, 2.05) is 4.57 Å². The number of carboxylic acid groups (broad SMARTS) is 1. The highest BCUT2D eigenvalue weighted by atomic mass is 32.1. The fourth-order valence-corrected chi connectivity index (χ4v) is 4.72. The molecule has 0 spiro atoms. The molecule has 0 aliphatic carbocycles. The Balaban J connectivity index is 0.000000308. The first-order chi connectivity index (χ1) is 16.8. The second-order valence-corrected chi connectivity index (χ2v) is 11.2. The van der Waals surface area contributed by atoms with Crippen molar-refractivity contribution in [1.29, 1.82) is 0 Å². The number of anilines is 1. The number of rotatable bonds is 6. The van der Waals surface area contributed by atoms with Gasteiger partial charge in [0.05, 0.1) is 25.1 Å². The van der Waals surface area contributed by atoms with E-state index in [1.165, 1.54) is 28.6 Å². The second kappa shape index (κ2) is 10.9. The molecule has 4 N–H and O–H groups in total. The molecule has 0 atom stereocenters. The van der Waals surface area contributed by atoms with Gasteiger partial charge in [-0.1, -0.05) is 19.8 Å². The number of carbonyl (C=O) groups is 2. The van der Waals surface area contributed by atoms with Crippen LogP contribution in [0.3, 0.4) is 0 Å². The number of halogens is 1. The van der Waals surface area contributed by atoms with E-state index in [1.54, 1.807) is 0 Å². The average Bonchev–Trinajstić information content (AvgIpc) is 3.26. The van der Waals surface area contributed by atoms with Crippen LogP contribution in [0.25, 0.3) is 0 Å². The van der Waals surface area contributed by atoms with Crippen LogP contribution in [-0.4, -0.2) is 61.7 Å². The molecule has 15 heteroatoms. The largest absolute Gasteiger partial charge is 0.481 e. The molecule has 4 rings (SSSR count). The lowest BCUT2D eigenvalue weighted by Crippen LogP contribution is -2.39. The Bertz CT molecular complexity index is 1330. The van der Waals surface area contributed by atoms with E-state index in [2.05, 4.69) is 34.5 Å². The zero-order valence-corrected chi connectivity index (χ0v) is 21.2.